The first-order valence-electron chi connectivity index (χ1n) is 7.39. The Kier molecular flexibility index (Phi) is 6.18. The summed E-state index contributed by atoms with van der Waals surface area (Å²) in [7, 11) is 0. The van der Waals surface area contributed by atoms with Gasteiger partial charge in [0.2, 0.25) is 0 Å². The molecule has 19 heavy (non-hydrogen) atoms. The highest BCUT2D eigenvalue weighted by Gasteiger charge is 2.21. The Balaban J connectivity index is 2.08. The van der Waals surface area contributed by atoms with Crippen molar-refractivity contribution in [3.63, 3.8) is 0 Å². The highest BCUT2D eigenvalue weighted by molar-refractivity contribution is 9.10. The van der Waals surface area contributed by atoms with Crippen molar-refractivity contribution < 1.29 is 0 Å². The number of hydrogen-bond acceptors (Lipinski definition) is 1. The zero-order chi connectivity index (χ0) is 13.7. The normalized spacial score (nSPS) is 18.5. The third kappa shape index (κ3) is 4.21. The standard InChI is InChI=1S/C16H23BrClN/c1-2-7-14(19-10-4-3-5-11-19)12-13-8-6-9-15(17)16(13)18/h6,8-9,14H,2-5,7,10-12H2,1H3. The molecule has 1 nitrogen and oxygen atoms in total. The molecule has 1 saturated heterocycles. The minimum atomic E-state index is 0.650. The molecule has 0 N–H and O–H groups in total. The molecule has 0 saturated carbocycles. The largest absolute Gasteiger partial charge is 0.300 e. The SMILES string of the molecule is CCCC(Cc1cccc(Br)c1Cl)N1CCCCC1. The van der Waals surface area contributed by atoms with Gasteiger partial charge in [0.05, 0.1) is 5.02 Å². The quantitative estimate of drug-likeness (QED) is 0.700. The Morgan fingerprint density at radius 3 is 2.68 bits per heavy atom. The second kappa shape index (κ2) is 7.66. The summed E-state index contributed by atoms with van der Waals surface area (Å²) in [4.78, 5) is 2.67. The first-order chi connectivity index (χ1) is 9.22. The molecular formula is C16H23BrClN. The summed E-state index contributed by atoms with van der Waals surface area (Å²) in [5.74, 6) is 0. The van der Waals surface area contributed by atoms with E-state index in [1.165, 1.54) is 50.8 Å². The molecule has 1 aliphatic heterocycles. The van der Waals surface area contributed by atoms with Gasteiger partial charge < -0.3 is 4.90 Å². The van der Waals surface area contributed by atoms with Crippen molar-refractivity contribution in [2.75, 3.05) is 13.1 Å². The van der Waals surface area contributed by atoms with Crippen LogP contribution in [0.15, 0.2) is 22.7 Å². The maximum atomic E-state index is 6.41. The molecule has 2 rings (SSSR count). The second-order valence-electron chi connectivity index (χ2n) is 5.46. The fourth-order valence-electron chi connectivity index (χ4n) is 2.99. The average Bonchev–Trinajstić information content (AvgIpc) is 2.44. The molecule has 0 spiro atoms. The van der Waals surface area contributed by atoms with Crippen molar-refractivity contribution >= 4 is 27.5 Å². The van der Waals surface area contributed by atoms with E-state index in [2.05, 4.69) is 39.9 Å². The van der Waals surface area contributed by atoms with Crippen LogP contribution in [0.2, 0.25) is 5.02 Å². The fraction of sp³-hybridized carbons (Fsp3) is 0.625. The topological polar surface area (TPSA) is 3.24 Å². The van der Waals surface area contributed by atoms with Gasteiger partial charge in [-0.05, 0) is 66.3 Å². The van der Waals surface area contributed by atoms with Crippen molar-refractivity contribution in [2.24, 2.45) is 0 Å². The number of nitrogens with zero attached hydrogens (tertiary/aromatic N) is 1. The summed E-state index contributed by atoms with van der Waals surface area (Å²) in [6.07, 6.45) is 7.69. The first kappa shape index (κ1) is 15.3. The van der Waals surface area contributed by atoms with Gasteiger partial charge in [-0.2, -0.15) is 0 Å². The van der Waals surface area contributed by atoms with Gasteiger partial charge in [-0.15, -0.1) is 0 Å². The van der Waals surface area contributed by atoms with Crippen LogP contribution in [0.4, 0.5) is 0 Å². The van der Waals surface area contributed by atoms with Gasteiger partial charge in [-0.25, -0.2) is 0 Å². The summed E-state index contributed by atoms with van der Waals surface area (Å²) in [6.45, 7) is 4.80. The predicted octanol–water partition coefficient (Wildman–Crippen LogP) is 5.30. The van der Waals surface area contributed by atoms with Crippen LogP contribution in [0, 0.1) is 0 Å². The number of benzene rings is 1. The Morgan fingerprint density at radius 2 is 2.00 bits per heavy atom. The number of halogens is 2. The Bertz CT molecular complexity index is 402. The van der Waals surface area contributed by atoms with Gasteiger partial charge in [0.15, 0.2) is 0 Å². The summed E-state index contributed by atoms with van der Waals surface area (Å²) in [5, 5.41) is 0.889. The van der Waals surface area contributed by atoms with Gasteiger partial charge >= 0.3 is 0 Å². The smallest absolute Gasteiger partial charge is 0.0580 e. The molecule has 106 valence electrons. The van der Waals surface area contributed by atoms with E-state index >= 15 is 0 Å². The highest BCUT2D eigenvalue weighted by Crippen LogP contribution is 2.29. The van der Waals surface area contributed by atoms with Crippen LogP contribution < -0.4 is 0 Å². The minimum Gasteiger partial charge on any atom is -0.300 e. The molecule has 0 radical (unpaired) electrons. The third-order valence-electron chi connectivity index (χ3n) is 4.02. The molecule has 0 amide bonds. The molecule has 1 aromatic rings. The maximum Gasteiger partial charge on any atom is 0.0580 e. The van der Waals surface area contributed by atoms with Crippen LogP contribution in [-0.2, 0) is 6.42 Å². The van der Waals surface area contributed by atoms with E-state index in [1.54, 1.807) is 0 Å². The zero-order valence-electron chi connectivity index (χ0n) is 11.7. The van der Waals surface area contributed by atoms with Crippen molar-refractivity contribution in [1.82, 2.24) is 4.90 Å². The maximum absolute atomic E-state index is 6.41. The van der Waals surface area contributed by atoms with Crippen LogP contribution >= 0.6 is 27.5 Å². The van der Waals surface area contributed by atoms with Crippen LogP contribution in [0.5, 0.6) is 0 Å². The second-order valence-corrected chi connectivity index (χ2v) is 6.69. The lowest BCUT2D eigenvalue weighted by Gasteiger charge is -2.35. The molecule has 1 atom stereocenters. The summed E-state index contributed by atoms with van der Waals surface area (Å²) in [6, 6.07) is 6.92. The molecule has 0 aliphatic carbocycles. The molecule has 1 aliphatic rings. The summed E-state index contributed by atoms with van der Waals surface area (Å²) in [5.41, 5.74) is 1.28. The van der Waals surface area contributed by atoms with Gasteiger partial charge in [0, 0.05) is 10.5 Å². The van der Waals surface area contributed by atoms with Crippen LogP contribution in [0.3, 0.4) is 0 Å². The van der Waals surface area contributed by atoms with E-state index < -0.39 is 0 Å². The van der Waals surface area contributed by atoms with Crippen LogP contribution in [-0.4, -0.2) is 24.0 Å². The average molecular weight is 345 g/mol. The lowest BCUT2D eigenvalue weighted by Crippen LogP contribution is -2.40. The van der Waals surface area contributed by atoms with E-state index in [4.69, 9.17) is 11.6 Å². The van der Waals surface area contributed by atoms with Crippen molar-refractivity contribution in [1.29, 1.82) is 0 Å². The van der Waals surface area contributed by atoms with Gasteiger partial charge in [-0.1, -0.05) is 43.5 Å². The monoisotopic (exact) mass is 343 g/mol. The molecule has 1 aromatic carbocycles. The van der Waals surface area contributed by atoms with E-state index in [0.29, 0.717) is 6.04 Å². The summed E-state index contributed by atoms with van der Waals surface area (Å²) < 4.78 is 1.01. The van der Waals surface area contributed by atoms with Gasteiger partial charge in [0.25, 0.3) is 0 Å². The molecule has 0 aromatic heterocycles. The lowest BCUT2D eigenvalue weighted by molar-refractivity contribution is 0.153. The van der Waals surface area contributed by atoms with Gasteiger partial charge in [-0.3, -0.25) is 0 Å². The molecular weight excluding hydrogens is 322 g/mol. The lowest BCUT2D eigenvalue weighted by atomic mass is 9.98. The summed E-state index contributed by atoms with van der Waals surface area (Å²) >= 11 is 9.94. The highest BCUT2D eigenvalue weighted by atomic mass is 79.9. The third-order valence-corrected chi connectivity index (χ3v) is 5.35. The molecule has 1 unspecified atom stereocenters. The Morgan fingerprint density at radius 1 is 1.26 bits per heavy atom. The van der Waals surface area contributed by atoms with E-state index in [-0.39, 0.29) is 0 Å². The van der Waals surface area contributed by atoms with E-state index in [9.17, 15) is 0 Å². The number of hydrogen-bond donors (Lipinski definition) is 0. The van der Waals surface area contributed by atoms with Crippen molar-refractivity contribution in [3.05, 3.63) is 33.3 Å². The zero-order valence-corrected chi connectivity index (χ0v) is 14.0. The van der Waals surface area contributed by atoms with E-state index in [1.807, 2.05) is 6.07 Å². The van der Waals surface area contributed by atoms with Crippen LogP contribution in [0.25, 0.3) is 0 Å². The van der Waals surface area contributed by atoms with E-state index in [0.717, 1.165) is 15.9 Å². The predicted molar refractivity (Wildman–Crippen MR) is 87.0 cm³/mol. The fourth-order valence-corrected chi connectivity index (χ4v) is 3.60. The number of piperidine rings is 1. The molecule has 1 fully saturated rings. The van der Waals surface area contributed by atoms with Crippen molar-refractivity contribution in [3.8, 4) is 0 Å². The van der Waals surface area contributed by atoms with Crippen molar-refractivity contribution in [2.45, 2.75) is 51.5 Å². The Labute approximate surface area is 130 Å². The van der Waals surface area contributed by atoms with Crippen LogP contribution in [0.1, 0.15) is 44.6 Å². The number of rotatable bonds is 5. The molecule has 1 heterocycles. The van der Waals surface area contributed by atoms with Gasteiger partial charge in [0.1, 0.15) is 0 Å². The molecule has 0 bridgehead atoms. The Hall–Kier alpha value is -0.0500. The molecule has 3 heteroatoms. The number of likely N-dealkylation sites (tertiary alicyclic amines) is 1. The minimum absolute atomic E-state index is 0.650. The first-order valence-corrected chi connectivity index (χ1v) is 8.56.